The lowest BCUT2D eigenvalue weighted by Crippen LogP contribution is -2.44. The van der Waals surface area contributed by atoms with Crippen molar-refractivity contribution >= 4 is 32.7 Å². The lowest BCUT2D eigenvalue weighted by Gasteiger charge is -2.33. The number of hydrogen-bond acceptors (Lipinski definition) is 7. The molecule has 1 aromatic heterocycles. The summed E-state index contributed by atoms with van der Waals surface area (Å²) in [5, 5.41) is 22.0. The number of nitrogens with zero attached hydrogens (tertiary/aromatic N) is 3. The Labute approximate surface area is 154 Å². The van der Waals surface area contributed by atoms with Crippen LogP contribution in [0.15, 0.2) is 39.9 Å². The Morgan fingerprint density at radius 1 is 1.31 bits per heavy atom. The third kappa shape index (κ3) is 3.85. The predicted molar refractivity (Wildman–Crippen MR) is 97.7 cm³/mol. The standard InChI is InChI=1S/C16H16N4O4S2/c17-11-12-3-4-14(20(21)22)15(10-12)19-7-5-13(6-8-19)18-26(23,24)16-2-1-9-25-16/h1-4,9-10,13,18H,5-8H2. The van der Waals surface area contributed by atoms with Gasteiger partial charge in [-0.15, -0.1) is 11.3 Å². The van der Waals surface area contributed by atoms with E-state index in [2.05, 4.69) is 4.72 Å². The molecule has 0 saturated carbocycles. The molecule has 10 heteroatoms. The van der Waals surface area contributed by atoms with Crippen molar-refractivity contribution in [3.63, 3.8) is 0 Å². The molecule has 0 radical (unpaired) electrons. The van der Waals surface area contributed by atoms with Gasteiger partial charge < -0.3 is 4.90 Å². The monoisotopic (exact) mass is 392 g/mol. The molecule has 1 saturated heterocycles. The van der Waals surface area contributed by atoms with E-state index in [0.29, 0.717) is 37.2 Å². The largest absolute Gasteiger partial charge is 0.366 e. The van der Waals surface area contributed by atoms with Gasteiger partial charge in [0.25, 0.3) is 5.69 Å². The molecule has 0 unspecified atom stereocenters. The van der Waals surface area contributed by atoms with E-state index in [4.69, 9.17) is 5.26 Å². The Morgan fingerprint density at radius 2 is 2.04 bits per heavy atom. The number of anilines is 1. The summed E-state index contributed by atoms with van der Waals surface area (Å²) >= 11 is 1.16. The number of nitriles is 1. The zero-order valence-electron chi connectivity index (χ0n) is 13.7. The molecule has 0 amide bonds. The molecule has 136 valence electrons. The van der Waals surface area contributed by atoms with Crippen LogP contribution in [-0.4, -0.2) is 32.5 Å². The first-order valence-electron chi connectivity index (χ1n) is 7.90. The number of nitro groups is 1. The Morgan fingerprint density at radius 3 is 2.62 bits per heavy atom. The summed E-state index contributed by atoms with van der Waals surface area (Å²) in [6.07, 6.45) is 1.05. The fraction of sp³-hybridized carbons (Fsp3) is 0.312. The Hall–Kier alpha value is -2.48. The fourth-order valence-electron chi connectivity index (χ4n) is 2.93. The minimum atomic E-state index is -3.53. The highest BCUT2D eigenvalue weighted by molar-refractivity contribution is 7.91. The van der Waals surface area contributed by atoms with Crippen molar-refractivity contribution in [2.45, 2.75) is 23.1 Å². The smallest absolute Gasteiger partial charge is 0.292 e. The molecule has 0 spiro atoms. The van der Waals surface area contributed by atoms with Gasteiger partial charge in [0.1, 0.15) is 9.90 Å². The lowest BCUT2D eigenvalue weighted by atomic mass is 10.0. The molecule has 2 aromatic rings. The van der Waals surface area contributed by atoms with Gasteiger partial charge >= 0.3 is 0 Å². The van der Waals surface area contributed by atoms with Gasteiger partial charge in [-0.2, -0.15) is 5.26 Å². The first kappa shape index (κ1) is 18.3. The number of rotatable bonds is 5. The summed E-state index contributed by atoms with van der Waals surface area (Å²) in [7, 11) is -3.53. The molecule has 1 aliphatic rings. The maximum Gasteiger partial charge on any atom is 0.292 e. The number of sulfonamides is 1. The second kappa shape index (κ2) is 7.41. The van der Waals surface area contributed by atoms with Gasteiger partial charge in [-0.25, -0.2) is 13.1 Å². The van der Waals surface area contributed by atoms with Crippen molar-refractivity contribution in [3.05, 3.63) is 51.4 Å². The van der Waals surface area contributed by atoms with E-state index in [0.717, 1.165) is 11.3 Å². The van der Waals surface area contributed by atoms with E-state index in [1.165, 1.54) is 18.2 Å². The van der Waals surface area contributed by atoms with Crippen molar-refractivity contribution in [1.29, 1.82) is 5.26 Å². The quantitative estimate of drug-likeness (QED) is 0.617. The molecule has 0 atom stereocenters. The fourth-order valence-corrected chi connectivity index (χ4v) is 5.25. The first-order valence-corrected chi connectivity index (χ1v) is 10.3. The molecule has 8 nitrogen and oxygen atoms in total. The third-order valence-corrected chi connectivity index (χ3v) is 7.14. The van der Waals surface area contributed by atoms with Crippen LogP contribution >= 0.6 is 11.3 Å². The topological polar surface area (TPSA) is 116 Å². The van der Waals surface area contributed by atoms with E-state index in [-0.39, 0.29) is 15.9 Å². The van der Waals surface area contributed by atoms with Crippen molar-refractivity contribution < 1.29 is 13.3 Å². The minimum absolute atomic E-state index is 0.0541. The second-order valence-electron chi connectivity index (χ2n) is 5.89. The molecule has 1 aromatic carbocycles. The maximum absolute atomic E-state index is 12.3. The number of nitro benzene ring substituents is 1. The lowest BCUT2D eigenvalue weighted by molar-refractivity contribution is -0.384. The van der Waals surface area contributed by atoms with Gasteiger partial charge in [0, 0.05) is 25.2 Å². The van der Waals surface area contributed by atoms with Gasteiger partial charge in [-0.05, 0) is 36.4 Å². The summed E-state index contributed by atoms with van der Waals surface area (Å²) in [6.45, 7) is 0.931. The molecule has 3 rings (SSSR count). The SMILES string of the molecule is N#Cc1ccc([N+](=O)[O-])c(N2CCC(NS(=O)(=O)c3cccs3)CC2)c1. The second-order valence-corrected chi connectivity index (χ2v) is 8.78. The summed E-state index contributed by atoms with van der Waals surface area (Å²) in [5.41, 5.74) is 0.696. The molecule has 0 aliphatic carbocycles. The van der Waals surface area contributed by atoms with Crippen LogP contribution < -0.4 is 9.62 Å². The summed E-state index contributed by atoms with van der Waals surface area (Å²) in [5.74, 6) is 0. The van der Waals surface area contributed by atoms with Gasteiger partial charge in [0.2, 0.25) is 10.0 Å². The van der Waals surface area contributed by atoms with Crippen LogP contribution in [0.2, 0.25) is 0 Å². The average Bonchev–Trinajstić information content (AvgIpc) is 3.17. The Balaban J connectivity index is 1.71. The summed E-state index contributed by atoms with van der Waals surface area (Å²) in [4.78, 5) is 12.6. The molecule has 1 fully saturated rings. The van der Waals surface area contributed by atoms with Crippen molar-refractivity contribution in [1.82, 2.24) is 4.72 Å². The van der Waals surface area contributed by atoms with E-state index in [9.17, 15) is 18.5 Å². The summed E-state index contributed by atoms with van der Waals surface area (Å²) in [6, 6.07) is 9.26. The molecule has 1 aliphatic heterocycles. The van der Waals surface area contributed by atoms with Gasteiger partial charge in [-0.1, -0.05) is 6.07 Å². The van der Waals surface area contributed by atoms with Gasteiger partial charge in [0.05, 0.1) is 16.6 Å². The van der Waals surface area contributed by atoms with Crippen LogP contribution in [0.1, 0.15) is 18.4 Å². The zero-order valence-corrected chi connectivity index (χ0v) is 15.3. The molecular weight excluding hydrogens is 376 g/mol. The van der Waals surface area contributed by atoms with Crippen molar-refractivity contribution in [3.8, 4) is 6.07 Å². The number of benzene rings is 1. The van der Waals surface area contributed by atoms with E-state index in [1.54, 1.807) is 17.5 Å². The normalized spacial score (nSPS) is 15.6. The van der Waals surface area contributed by atoms with Crippen LogP contribution in [0.5, 0.6) is 0 Å². The highest BCUT2D eigenvalue weighted by atomic mass is 32.2. The molecule has 2 heterocycles. The number of thiophene rings is 1. The van der Waals surface area contributed by atoms with Gasteiger partial charge in [0.15, 0.2) is 0 Å². The van der Waals surface area contributed by atoms with E-state index >= 15 is 0 Å². The van der Waals surface area contributed by atoms with E-state index in [1.807, 2.05) is 11.0 Å². The Bertz CT molecular complexity index is 943. The van der Waals surface area contributed by atoms with Crippen LogP contribution in [0.25, 0.3) is 0 Å². The highest BCUT2D eigenvalue weighted by Gasteiger charge is 2.28. The van der Waals surface area contributed by atoms with Crippen molar-refractivity contribution in [2.24, 2.45) is 0 Å². The average molecular weight is 392 g/mol. The highest BCUT2D eigenvalue weighted by Crippen LogP contribution is 2.31. The first-order chi connectivity index (χ1) is 12.4. The molecule has 0 bridgehead atoms. The number of nitrogens with one attached hydrogen (secondary N) is 1. The number of piperidine rings is 1. The maximum atomic E-state index is 12.3. The predicted octanol–water partition coefficient (Wildman–Crippen LogP) is 2.48. The van der Waals surface area contributed by atoms with Crippen LogP contribution in [-0.2, 0) is 10.0 Å². The van der Waals surface area contributed by atoms with Gasteiger partial charge in [-0.3, -0.25) is 10.1 Å². The van der Waals surface area contributed by atoms with E-state index < -0.39 is 14.9 Å². The minimum Gasteiger partial charge on any atom is -0.366 e. The van der Waals surface area contributed by atoms with Crippen LogP contribution in [0.3, 0.4) is 0 Å². The molecule has 26 heavy (non-hydrogen) atoms. The third-order valence-electron chi connectivity index (χ3n) is 4.22. The van der Waals surface area contributed by atoms with Crippen LogP contribution in [0.4, 0.5) is 11.4 Å². The van der Waals surface area contributed by atoms with Crippen molar-refractivity contribution in [2.75, 3.05) is 18.0 Å². The number of hydrogen-bond donors (Lipinski definition) is 1. The molecular formula is C16H16N4O4S2. The van der Waals surface area contributed by atoms with Crippen LogP contribution in [0, 0.1) is 21.4 Å². The Kier molecular flexibility index (Phi) is 5.22. The molecule has 1 N–H and O–H groups in total. The summed E-state index contributed by atoms with van der Waals surface area (Å²) < 4.78 is 27.6. The zero-order chi connectivity index (χ0) is 18.7.